The lowest BCUT2D eigenvalue weighted by Crippen LogP contribution is -2.42. The van der Waals surface area contributed by atoms with Crippen LogP contribution in [0.1, 0.15) is 19.4 Å². The summed E-state index contributed by atoms with van der Waals surface area (Å²) in [5, 5.41) is 1.28. The lowest BCUT2D eigenvalue weighted by Gasteiger charge is -2.14. The molecule has 2 rings (SSSR count). The Hall–Kier alpha value is -2.61. The molecule has 0 bridgehead atoms. The molecule has 0 unspecified atom stereocenters. The van der Waals surface area contributed by atoms with Crippen LogP contribution in [0.3, 0.4) is 0 Å². The summed E-state index contributed by atoms with van der Waals surface area (Å²) in [6, 6.07) is 6.24. The number of aromatic nitrogens is 1. The Kier molecular flexibility index (Phi) is 4.20. The molecule has 0 aliphatic rings. The predicted octanol–water partition coefficient (Wildman–Crippen LogP) is 2.53. The standard InChI is InChI=1S/C16H20N4O3S/c1-11(2)18-16(21)20-24(22,23)15-10-17-8-7-14(15)19-13-6-4-5-12(3)9-13/h4-11H,1-3H3,(H,17,19)(H2,18,20,21)/i/hD3. The van der Waals surface area contributed by atoms with Gasteiger partial charge in [0.05, 0.1) is 5.69 Å². The largest absolute Gasteiger partial charge is 0.354 e. The highest BCUT2D eigenvalue weighted by Crippen LogP contribution is 2.24. The molecule has 0 spiro atoms. The molecule has 0 atom stereocenters. The number of carbonyl (C=O) groups is 1. The van der Waals surface area contributed by atoms with E-state index in [2.05, 4.69) is 4.98 Å². The summed E-state index contributed by atoms with van der Waals surface area (Å²) >= 11 is 0. The van der Waals surface area contributed by atoms with Gasteiger partial charge in [0.25, 0.3) is 10.0 Å². The maximum atomic E-state index is 12.8. The Morgan fingerprint density at radius 1 is 1.29 bits per heavy atom. The van der Waals surface area contributed by atoms with E-state index in [0.29, 0.717) is 11.0 Å². The van der Waals surface area contributed by atoms with Gasteiger partial charge in [-0.15, -0.1) is 0 Å². The molecule has 3 N–H and O–H groups in total. The van der Waals surface area contributed by atoms with E-state index >= 15 is 0 Å². The van der Waals surface area contributed by atoms with E-state index in [9.17, 15) is 13.2 Å². The minimum Gasteiger partial charge on any atom is -0.354 e. The van der Waals surface area contributed by atoms with E-state index in [1.54, 1.807) is 18.2 Å². The molecule has 0 saturated heterocycles. The number of anilines is 2. The van der Waals surface area contributed by atoms with Crippen molar-refractivity contribution in [1.29, 1.82) is 0 Å². The second kappa shape index (κ2) is 7.31. The molecule has 1 aromatic heterocycles. The van der Waals surface area contributed by atoms with Crippen molar-refractivity contribution in [3.8, 4) is 0 Å². The Labute approximate surface area is 145 Å². The van der Waals surface area contributed by atoms with Gasteiger partial charge in [-0.3, -0.25) is 4.98 Å². The third kappa shape index (κ3) is 4.69. The van der Waals surface area contributed by atoms with Crippen molar-refractivity contribution in [3.05, 3.63) is 48.3 Å². The lowest BCUT2D eigenvalue weighted by molar-refractivity contribution is 0.243. The van der Waals surface area contributed by atoms with E-state index in [4.69, 9.17) is 4.24 Å². The molecule has 0 fully saturated rings. The van der Waals surface area contributed by atoms with Gasteiger partial charge in [0.2, 0.25) is 0 Å². The first-order valence-electron chi connectivity index (χ1n) is 8.57. The average molecular weight is 351 g/mol. The van der Waals surface area contributed by atoms with Crippen LogP contribution in [0.25, 0.3) is 0 Å². The molecule has 2 aromatic rings. The number of hydrogen-bond donors (Lipinski definition) is 3. The van der Waals surface area contributed by atoms with E-state index < -0.39 is 27.0 Å². The number of nitrogens with zero attached hydrogens (tertiary/aromatic N) is 1. The number of rotatable bonds is 5. The molecule has 128 valence electrons. The summed E-state index contributed by atoms with van der Waals surface area (Å²) < 4.78 is 48.9. The molecular formula is C16H20N4O3S. The minimum atomic E-state index is -4.65. The number of pyridine rings is 1. The number of sulfonamides is 1. The van der Waals surface area contributed by atoms with Crippen LogP contribution in [-0.2, 0) is 10.0 Å². The van der Waals surface area contributed by atoms with Crippen LogP contribution in [0.4, 0.5) is 16.2 Å². The normalized spacial score (nSPS) is 12.9. The number of benzene rings is 1. The smallest absolute Gasteiger partial charge is 0.328 e. The van der Waals surface area contributed by atoms with Gasteiger partial charge in [-0.05, 0) is 44.5 Å². The number of urea groups is 1. The van der Waals surface area contributed by atoms with Crippen molar-refractivity contribution in [2.45, 2.75) is 31.7 Å². The molecule has 1 aromatic carbocycles. The van der Waals surface area contributed by atoms with Gasteiger partial charge in [0, 0.05) is 24.1 Å². The van der Waals surface area contributed by atoms with Gasteiger partial charge in [-0.1, -0.05) is 12.1 Å². The Morgan fingerprint density at radius 3 is 2.71 bits per heavy atom. The fourth-order valence-corrected chi connectivity index (χ4v) is 2.82. The van der Waals surface area contributed by atoms with Crippen molar-refractivity contribution in [2.75, 3.05) is 5.31 Å². The lowest BCUT2D eigenvalue weighted by atomic mass is 10.2. The molecule has 2 amide bonds. The van der Waals surface area contributed by atoms with Crippen molar-refractivity contribution in [1.82, 2.24) is 15.0 Å². The summed E-state index contributed by atoms with van der Waals surface area (Å²) in [6.45, 7) is 4.87. The van der Waals surface area contributed by atoms with Crippen LogP contribution >= 0.6 is 0 Å². The van der Waals surface area contributed by atoms with Gasteiger partial charge >= 0.3 is 6.03 Å². The number of amides is 2. The molecule has 0 radical (unpaired) electrons. The minimum absolute atomic E-state index is 0.0678. The van der Waals surface area contributed by atoms with Crippen molar-refractivity contribution in [2.24, 2.45) is 0 Å². The van der Waals surface area contributed by atoms with Gasteiger partial charge in [0.15, 0.2) is 4.24 Å². The summed E-state index contributed by atoms with van der Waals surface area (Å²) in [5.74, 6) is 0. The van der Waals surface area contributed by atoms with Crippen LogP contribution in [-0.4, -0.2) is 25.5 Å². The number of aryl methyl sites for hydroxylation is 1. The van der Waals surface area contributed by atoms with Crippen molar-refractivity contribution in [3.63, 3.8) is 0 Å². The Bertz CT molecular complexity index is 940. The number of hydrogen-bond acceptors (Lipinski definition) is 5. The maximum Gasteiger partial charge on any atom is 0.328 e. The number of nitrogens with one attached hydrogen (secondary N) is 3. The zero-order chi connectivity index (χ0) is 20.4. The first-order valence-corrected chi connectivity index (χ1v) is 8.67. The second-order valence-corrected chi connectivity index (χ2v) is 6.94. The molecule has 8 heteroatoms. The van der Waals surface area contributed by atoms with Crippen molar-refractivity contribution >= 4 is 27.4 Å². The van der Waals surface area contributed by atoms with Crippen LogP contribution < -0.4 is 15.3 Å². The van der Waals surface area contributed by atoms with E-state index in [0.717, 1.165) is 17.1 Å². The summed E-state index contributed by atoms with van der Waals surface area (Å²) in [7, 11) is -4.65. The van der Waals surface area contributed by atoms with E-state index in [1.807, 2.05) is 13.0 Å². The third-order valence-electron chi connectivity index (χ3n) is 2.86. The zero-order valence-electron chi connectivity index (χ0n) is 16.5. The summed E-state index contributed by atoms with van der Waals surface area (Å²) in [5.41, 5.74) is 1.22. The molecule has 1 heterocycles. The second-order valence-electron chi connectivity index (χ2n) is 5.37. The van der Waals surface area contributed by atoms with E-state index in [1.165, 1.54) is 26.1 Å². The molecule has 7 nitrogen and oxygen atoms in total. The third-order valence-corrected chi connectivity index (χ3v) is 4.13. The molecule has 24 heavy (non-hydrogen) atoms. The average Bonchev–Trinajstić information content (AvgIpc) is 2.65. The first-order chi connectivity index (χ1) is 12.6. The highest BCUT2D eigenvalue weighted by Gasteiger charge is 2.22. The molecule has 0 aliphatic heterocycles. The predicted molar refractivity (Wildman–Crippen MR) is 92.7 cm³/mol. The van der Waals surface area contributed by atoms with Crippen molar-refractivity contribution < 1.29 is 17.4 Å². The van der Waals surface area contributed by atoms with Crippen LogP contribution in [0.2, 0.25) is 4.24 Å². The fraction of sp³-hybridized carbons (Fsp3) is 0.250. The van der Waals surface area contributed by atoms with Crippen LogP contribution in [0, 0.1) is 6.92 Å². The summed E-state index contributed by atoms with van der Waals surface area (Å²) in [6.07, 6.45) is 2.28. The monoisotopic (exact) mass is 351 g/mol. The SMILES string of the molecule is [2H]N(c1cccc(C)c1)c1ccncc1S(=O)(=O)N([2H])C(=O)N([2H])C(C)C. The fourth-order valence-electron chi connectivity index (χ4n) is 1.90. The topological polar surface area (TPSA) is 100 Å². The van der Waals surface area contributed by atoms with Gasteiger partial charge in [-0.2, -0.15) is 0 Å². The quantitative estimate of drug-likeness (QED) is 0.768. The molecule has 0 saturated carbocycles. The highest BCUT2D eigenvalue weighted by molar-refractivity contribution is 7.90. The highest BCUT2D eigenvalue weighted by atomic mass is 32.2. The van der Waals surface area contributed by atoms with Crippen LogP contribution in [0.15, 0.2) is 47.6 Å². The van der Waals surface area contributed by atoms with Gasteiger partial charge in [-0.25, -0.2) is 17.9 Å². The molecular weight excluding hydrogens is 328 g/mol. The van der Waals surface area contributed by atoms with Gasteiger partial charge in [0.1, 0.15) is 4.90 Å². The Balaban J connectivity index is 2.49. The Morgan fingerprint density at radius 2 is 2.04 bits per heavy atom. The van der Waals surface area contributed by atoms with Gasteiger partial charge < -0.3 is 10.6 Å². The van der Waals surface area contributed by atoms with Crippen LogP contribution in [0.5, 0.6) is 0 Å². The van der Waals surface area contributed by atoms with E-state index in [-0.39, 0.29) is 10.4 Å². The maximum absolute atomic E-state index is 12.8. The summed E-state index contributed by atoms with van der Waals surface area (Å²) in [4.78, 5) is 15.4. The first kappa shape index (κ1) is 13.8. The molecule has 0 aliphatic carbocycles. The number of carbonyl (C=O) groups excluding carboxylic acids is 1. The zero-order valence-corrected chi connectivity index (χ0v) is 14.4.